The Morgan fingerprint density at radius 2 is 1.91 bits per heavy atom. The van der Waals surface area contributed by atoms with Gasteiger partial charge in [-0.1, -0.05) is 29.8 Å². The fourth-order valence-electron chi connectivity index (χ4n) is 3.86. The van der Waals surface area contributed by atoms with Crippen molar-refractivity contribution in [3.05, 3.63) is 82.4 Å². The van der Waals surface area contributed by atoms with Gasteiger partial charge < -0.3 is 9.47 Å². The van der Waals surface area contributed by atoms with Crippen LogP contribution in [0, 0.1) is 5.82 Å². The summed E-state index contributed by atoms with van der Waals surface area (Å²) in [5.74, 6) is -0.858. The Bertz CT molecular complexity index is 1270. The van der Waals surface area contributed by atoms with Crippen LogP contribution in [0.1, 0.15) is 54.3 Å². The van der Waals surface area contributed by atoms with Gasteiger partial charge in [0.1, 0.15) is 5.82 Å². The van der Waals surface area contributed by atoms with Gasteiger partial charge in [0.2, 0.25) is 15.0 Å². The number of aromatic nitrogens is 2. The maximum absolute atomic E-state index is 13.2. The van der Waals surface area contributed by atoms with E-state index in [0.717, 1.165) is 12.8 Å². The molecule has 1 heterocycles. The second-order valence-corrected chi connectivity index (χ2v) is 10.9. The molecule has 1 amide bonds. The molecule has 9 heteroatoms. The Kier molecular flexibility index (Phi) is 6.59. The Balaban J connectivity index is 1.64. The van der Waals surface area contributed by atoms with E-state index in [1.807, 2.05) is 13.8 Å². The van der Waals surface area contributed by atoms with Gasteiger partial charge in [-0.05, 0) is 62.6 Å². The third-order valence-corrected chi connectivity index (χ3v) is 7.36. The summed E-state index contributed by atoms with van der Waals surface area (Å²) < 4.78 is 41.2. The van der Waals surface area contributed by atoms with Gasteiger partial charge in [-0.2, -0.15) is 0 Å². The zero-order valence-corrected chi connectivity index (χ0v) is 20.0. The van der Waals surface area contributed by atoms with Crippen LogP contribution in [0.3, 0.4) is 0 Å². The third kappa shape index (κ3) is 5.28. The van der Waals surface area contributed by atoms with Crippen molar-refractivity contribution in [2.75, 3.05) is 0 Å². The average molecular weight is 490 g/mol. The van der Waals surface area contributed by atoms with Crippen molar-refractivity contribution < 1.29 is 17.6 Å². The highest BCUT2D eigenvalue weighted by Gasteiger charge is 2.35. The van der Waals surface area contributed by atoms with Crippen LogP contribution < -0.4 is 0 Å². The molecule has 1 fully saturated rings. The van der Waals surface area contributed by atoms with Crippen LogP contribution in [0.5, 0.6) is 0 Å². The number of sulfone groups is 1. The van der Waals surface area contributed by atoms with Gasteiger partial charge in [-0.3, -0.25) is 4.79 Å². The number of carbonyl (C=O) groups excluding carboxylic acids is 1. The van der Waals surface area contributed by atoms with Crippen molar-refractivity contribution in [2.45, 2.75) is 56.2 Å². The molecule has 1 aromatic heterocycles. The Morgan fingerprint density at radius 1 is 1.21 bits per heavy atom. The molecule has 4 rings (SSSR count). The van der Waals surface area contributed by atoms with Gasteiger partial charge in [-0.15, -0.1) is 0 Å². The molecule has 33 heavy (non-hydrogen) atoms. The maximum Gasteiger partial charge on any atom is 0.254 e. The first kappa shape index (κ1) is 23.4. The van der Waals surface area contributed by atoms with Crippen molar-refractivity contribution in [3.63, 3.8) is 0 Å². The predicted molar refractivity (Wildman–Crippen MR) is 124 cm³/mol. The van der Waals surface area contributed by atoms with Gasteiger partial charge in [0.15, 0.2) is 0 Å². The summed E-state index contributed by atoms with van der Waals surface area (Å²) >= 11 is 6.07. The molecule has 0 atom stereocenters. The second-order valence-electron chi connectivity index (χ2n) is 8.56. The number of hydrogen-bond donors (Lipinski definition) is 0. The van der Waals surface area contributed by atoms with E-state index < -0.39 is 15.7 Å². The summed E-state index contributed by atoms with van der Waals surface area (Å²) in [5, 5.41) is 0.431. The van der Waals surface area contributed by atoms with Gasteiger partial charge in [0.05, 0.1) is 24.2 Å². The summed E-state index contributed by atoms with van der Waals surface area (Å²) in [6, 6.07) is 12.1. The molecule has 3 aromatic rings. The molecule has 0 radical (unpaired) electrons. The molecule has 2 aromatic carbocycles. The highest BCUT2D eigenvalue weighted by molar-refractivity contribution is 7.90. The molecule has 0 unspecified atom stereocenters. The quantitative estimate of drug-likeness (QED) is 0.444. The zero-order chi connectivity index (χ0) is 23.8. The van der Waals surface area contributed by atoms with E-state index in [1.165, 1.54) is 30.5 Å². The molecule has 1 saturated carbocycles. The van der Waals surface area contributed by atoms with Crippen molar-refractivity contribution in [3.8, 4) is 0 Å². The molecule has 0 N–H and O–H groups in total. The van der Waals surface area contributed by atoms with E-state index in [2.05, 4.69) is 4.98 Å². The lowest BCUT2D eigenvalue weighted by Gasteiger charge is -2.24. The van der Waals surface area contributed by atoms with E-state index in [9.17, 15) is 17.6 Å². The van der Waals surface area contributed by atoms with Gasteiger partial charge >= 0.3 is 0 Å². The van der Waals surface area contributed by atoms with E-state index in [1.54, 1.807) is 33.7 Å². The lowest BCUT2D eigenvalue weighted by Crippen LogP contribution is -2.33. The van der Waals surface area contributed by atoms with E-state index >= 15 is 0 Å². The van der Waals surface area contributed by atoms with Crippen LogP contribution in [0.25, 0.3) is 0 Å². The molecule has 1 aliphatic carbocycles. The minimum atomic E-state index is -3.79. The van der Waals surface area contributed by atoms with E-state index in [4.69, 9.17) is 11.6 Å². The highest BCUT2D eigenvalue weighted by atomic mass is 35.5. The Morgan fingerprint density at radius 3 is 2.52 bits per heavy atom. The highest BCUT2D eigenvalue weighted by Crippen LogP contribution is 2.31. The molecule has 0 aliphatic heterocycles. The molecule has 6 nitrogen and oxygen atoms in total. The predicted octanol–water partition coefficient (Wildman–Crippen LogP) is 5.04. The minimum absolute atomic E-state index is 0.0530. The third-order valence-electron chi connectivity index (χ3n) is 5.56. The number of benzene rings is 2. The van der Waals surface area contributed by atoms with E-state index in [0.29, 0.717) is 21.8 Å². The van der Waals surface area contributed by atoms with Crippen molar-refractivity contribution in [1.82, 2.24) is 14.5 Å². The van der Waals surface area contributed by atoms with Crippen LogP contribution in [-0.2, 0) is 22.1 Å². The molecule has 1 aliphatic rings. The topological polar surface area (TPSA) is 72.3 Å². The molecule has 174 valence electrons. The average Bonchev–Trinajstić information content (AvgIpc) is 3.51. The summed E-state index contributed by atoms with van der Waals surface area (Å²) in [5.41, 5.74) is 1.62. The van der Waals surface area contributed by atoms with Crippen LogP contribution in [0.15, 0.2) is 59.9 Å². The zero-order valence-electron chi connectivity index (χ0n) is 18.4. The smallest absolute Gasteiger partial charge is 0.254 e. The van der Waals surface area contributed by atoms with Gasteiger partial charge in [-0.25, -0.2) is 17.8 Å². The standard InChI is InChI=1S/C24H25ClFN3O3S/c1-16(2)29-22(13-27-24(29)33(31,32)15-17-6-8-20(26)9-7-17)14-28(21-10-11-21)23(30)18-4-3-5-19(25)12-18/h3-9,12-13,16,21H,10-11,14-15H2,1-2H3. The number of imidazole rings is 1. The fourth-order valence-corrected chi connectivity index (χ4v) is 5.65. The first-order valence-corrected chi connectivity index (χ1v) is 12.8. The minimum Gasteiger partial charge on any atom is -0.330 e. The van der Waals surface area contributed by atoms with Crippen LogP contribution >= 0.6 is 11.6 Å². The van der Waals surface area contributed by atoms with Crippen molar-refractivity contribution in [2.24, 2.45) is 0 Å². The summed E-state index contributed by atoms with van der Waals surface area (Å²) in [6.07, 6.45) is 3.33. The second kappa shape index (κ2) is 9.27. The molecular formula is C24H25ClFN3O3S. The number of carbonyl (C=O) groups is 1. The molecule has 0 saturated heterocycles. The lowest BCUT2D eigenvalue weighted by molar-refractivity contribution is 0.0725. The SMILES string of the molecule is CC(C)n1c(CN(C(=O)c2cccc(Cl)c2)C2CC2)cnc1S(=O)(=O)Cc1ccc(F)cc1. The summed E-state index contributed by atoms with van der Waals surface area (Å²) in [6.45, 7) is 4.00. The summed E-state index contributed by atoms with van der Waals surface area (Å²) in [7, 11) is -3.79. The van der Waals surface area contributed by atoms with Gasteiger partial charge in [0, 0.05) is 22.7 Å². The molecule has 0 bridgehead atoms. The number of hydrogen-bond acceptors (Lipinski definition) is 4. The monoisotopic (exact) mass is 489 g/mol. The number of halogens is 2. The van der Waals surface area contributed by atoms with Crippen LogP contribution in [0.2, 0.25) is 5.02 Å². The Hall–Kier alpha value is -2.71. The van der Waals surface area contributed by atoms with E-state index in [-0.39, 0.29) is 35.4 Å². The van der Waals surface area contributed by atoms with Gasteiger partial charge in [0.25, 0.3) is 5.91 Å². The largest absolute Gasteiger partial charge is 0.330 e. The first-order valence-electron chi connectivity index (χ1n) is 10.8. The van der Waals surface area contributed by atoms with Crippen molar-refractivity contribution in [1.29, 1.82) is 0 Å². The van der Waals surface area contributed by atoms with Crippen LogP contribution in [0.4, 0.5) is 4.39 Å². The normalized spacial score (nSPS) is 14.0. The maximum atomic E-state index is 13.2. The number of nitrogens with zero attached hydrogens (tertiary/aromatic N) is 3. The fraction of sp³-hybridized carbons (Fsp3) is 0.333. The molecule has 0 spiro atoms. The number of rotatable bonds is 8. The summed E-state index contributed by atoms with van der Waals surface area (Å²) in [4.78, 5) is 19.2. The lowest BCUT2D eigenvalue weighted by atomic mass is 10.2. The van der Waals surface area contributed by atoms with Crippen molar-refractivity contribution >= 4 is 27.3 Å². The van der Waals surface area contributed by atoms with Crippen LogP contribution in [-0.4, -0.2) is 34.8 Å². The first-order chi connectivity index (χ1) is 15.7. The Labute approximate surface area is 197 Å². The number of amides is 1. The molecular weight excluding hydrogens is 465 g/mol.